The molecule has 2 N–H and O–H groups in total. The van der Waals surface area contributed by atoms with E-state index in [-0.39, 0.29) is 56.8 Å². The molecule has 4 aliphatic rings. The Labute approximate surface area is 815 Å². The van der Waals surface area contributed by atoms with E-state index >= 15 is 0 Å². The number of rotatable bonds is 24. The van der Waals surface area contributed by atoms with Crippen LogP contribution < -0.4 is 31.1 Å². The van der Waals surface area contributed by atoms with E-state index in [0.29, 0.717) is 57.5 Å². The number of benzene rings is 6. The Kier molecular flexibility index (Phi) is 32.7. The van der Waals surface area contributed by atoms with Gasteiger partial charge < -0.3 is 54.6 Å². The van der Waals surface area contributed by atoms with Crippen molar-refractivity contribution in [2.24, 2.45) is 0 Å². The summed E-state index contributed by atoms with van der Waals surface area (Å²) in [5.41, 5.74) is 10.4. The van der Waals surface area contributed by atoms with Crippen LogP contribution in [0, 0.1) is 40.6 Å². The number of fused-ring (bicyclic) bond motifs is 3. The molecule has 6 aromatic carbocycles. The molecule has 0 aliphatic heterocycles. The smallest absolute Gasteiger partial charge is 0.344 e. The van der Waals surface area contributed by atoms with Gasteiger partial charge in [-0.15, -0.1) is 0 Å². The lowest BCUT2D eigenvalue weighted by Crippen LogP contribution is -2.69. The average Bonchev–Trinajstić information content (AvgIpc) is 1.50. The van der Waals surface area contributed by atoms with Crippen LogP contribution in [-0.2, 0) is 42.8 Å². The first kappa shape index (κ1) is 101. The van der Waals surface area contributed by atoms with Crippen LogP contribution in [0.4, 0.5) is 0 Å². The third-order valence-electron chi connectivity index (χ3n) is 26.5. The number of hydrogen-bond acceptors (Lipinski definition) is 14. The highest BCUT2D eigenvalue weighted by molar-refractivity contribution is 7.54. The molecule has 0 amide bonds. The molecule has 137 heavy (non-hydrogen) atoms. The molecule has 15 aromatic rings. The molecular formula is C109H123N13O8P4Si3. The van der Waals surface area contributed by atoms with Gasteiger partial charge >= 0.3 is 7.60 Å². The fourth-order valence-corrected chi connectivity index (χ4v) is 35.9. The van der Waals surface area contributed by atoms with Crippen molar-refractivity contribution >= 4 is 131 Å². The van der Waals surface area contributed by atoms with Gasteiger partial charge in [0.2, 0.25) is 0 Å². The van der Waals surface area contributed by atoms with E-state index in [0.717, 1.165) is 75.7 Å². The molecule has 4 saturated carbocycles. The van der Waals surface area contributed by atoms with E-state index < -0.39 is 32.5 Å². The van der Waals surface area contributed by atoms with Gasteiger partial charge in [-0.2, -0.15) is 15.8 Å². The highest BCUT2D eigenvalue weighted by atomic mass is 31.2. The average molecular weight is 1950 g/mol. The second kappa shape index (κ2) is 44.1. The number of carbonyl (C=O) groups is 1. The summed E-state index contributed by atoms with van der Waals surface area (Å²) in [7, 11) is -2.67. The molecular weight excluding hydrogens is 1830 g/mol. The first-order chi connectivity index (χ1) is 65.8. The minimum Gasteiger partial charge on any atom is -0.404 e. The number of carbonyl (C=O) groups excluding carboxylic acids is 1. The second-order valence-electron chi connectivity index (χ2n) is 38.5. The van der Waals surface area contributed by atoms with Gasteiger partial charge in [0.05, 0.1) is 86.3 Å². The molecule has 19 rings (SSSR count). The summed E-state index contributed by atoms with van der Waals surface area (Å²) in [5, 5.41) is 48.1. The summed E-state index contributed by atoms with van der Waals surface area (Å²) in [4.78, 5) is 31.2. The first-order valence-corrected chi connectivity index (χ1v) is 55.6. The molecule has 9 heterocycles. The van der Waals surface area contributed by atoms with E-state index in [1.165, 1.54) is 53.2 Å². The van der Waals surface area contributed by atoms with Crippen LogP contribution >= 0.6 is 35.8 Å². The zero-order valence-electron chi connectivity index (χ0n) is 79.9. The van der Waals surface area contributed by atoms with Crippen molar-refractivity contribution in [2.75, 3.05) is 19.4 Å². The van der Waals surface area contributed by atoms with Gasteiger partial charge in [0.25, 0.3) is 25.0 Å². The van der Waals surface area contributed by atoms with Crippen LogP contribution in [0.2, 0.25) is 15.1 Å². The number of nitrogens with zero attached hydrogens (tertiary/aromatic N) is 12. The maximum atomic E-state index is 11.5. The summed E-state index contributed by atoms with van der Waals surface area (Å²) in [6, 6.07) is 89.4. The van der Waals surface area contributed by atoms with Gasteiger partial charge in [0.1, 0.15) is 28.9 Å². The van der Waals surface area contributed by atoms with E-state index in [9.17, 15) is 19.7 Å². The molecule has 4 fully saturated rings. The van der Waals surface area contributed by atoms with E-state index in [2.05, 4.69) is 367 Å². The maximum absolute atomic E-state index is 11.5. The van der Waals surface area contributed by atoms with Gasteiger partial charge in [0, 0.05) is 114 Å². The molecule has 0 radical (unpaired) electrons. The lowest BCUT2D eigenvalue weighted by molar-refractivity contribution is -0.129. The highest BCUT2D eigenvalue weighted by Gasteiger charge is 2.58. The van der Waals surface area contributed by atoms with Crippen LogP contribution in [0.1, 0.15) is 140 Å². The van der Waals surface area contributed by atoms with Crippen molar-refractivity contribution < 1.29 is 36.8 Å². The van der Waals surface area contributed by atoms with Crippen LogP contribution in [0.5, 0.6) is 0 Å². The third-order valence-corrected chi connectivity index (χ3v) is 44.8. The number of pyridine rings is 3. The van der Waals surface area contributed by atoms with E-state index in [1.54, 1.807) is 26.1 Å². The molecule has 3 unspecified atom stereocenters. The SMILES string of the molecule is CC(C)(C)[Si](OC1CC(=O)C1)(c1ccccc1)c1ccccc1.CC(C)(C)[Si](OC1CC(CC#N)(n2ccc(-c3ccnc4c3ccn4P)c2)C1)(c1ccccc1)c1ccccc1.CCOP(=O)(CC#N)OCC.N#CCC1(n2ccc(-c3ccnc4c3ccn4P)c2)CC(O)C1.Pn1ccc2c(-c3cc[nH]c3)ccnc21.[C-]#[N+]C=C1CC(O[Si](c2ccccc2)(c2ccccc2)C(C)(C)C)C1. The Morgan fingerprint density at radius 1 is 0.467 bits per heavy atom. The summed E-state index contributed by atoms with van der Waals surface area (Å²) < 4.78 is 52.4. The molecule has 0 spiro atoms. The normalized spacial score (nSPS) is 17.6. The van der Waals surface area contributed by atoms with E-state index in [1.807, 2.05) is 93.0 Å². The number of nitriles is 3. The lowest BCUT2D eigenvalue weighted by atomic mass is 9.72. The zero-order valence-corrected chi connectivity index (χ0v) is 87.2. The lowest BCUT2D eigenvalue weighted by Gasteiger charge is -2.53. The topological polar surface area (TPSA) is 255 Å². The Morgan fingerprint density at radius 3 is 1.09 bits per heavy atom. The standard InChI is InChI=1S/C33H35N4OPSi.C22H25NOSi.C20H24O2Si.C17H17N4OP.C11H10N3P.C6H12NO3P/c1-32(2,3)40(27-10-6-4-7-11-27,28-12-8-5-9-13-28)38-26-22-33(23-26,17-18-34)36-20-15-25(24-36)29-14-19-35-31-30(29)16-21-37(31)39;1-22(2,3)25(20-11-7-5-8-12-20,21-13-9-6-10-14-21)24-19-15-18(16-19)17-23-4;1-20(2,3)23(18-10-6-4-7-11-18,19-12-8-5-9-13-19)22-17-14-16(21)15-17;18-5-4-17(9-13(22)10-17)20-7-2-12(11-20)14-1-6-19-16-15(14)3-8-21(16)23;15-14-6-3-10-9(2-5-13-11(10)14)8-1-4-12-7-8;1-3-9-11(8,6-5-7)10-4-2/h4-16,19-21,24,26H,17,22-23,39H2,1-3H3;5-14,17,19H,15-16H2,1-3H3;4-13,17H,14-15H2,1-3H3;1-3,6-8,11,13,22H,4,9-10,23H2;1-7,12H,15H2;3-4,6H2,1-2H3. The number of Topliss-reactive ketones (excluding diaryl/α,β-unsaturated/α-hetero) is 1. The third kappa shape index (κ3) is 22.0. The summed E-state index contributed by atoms with van der Waals surface area (Å²) in [5.74, 6) is 0.313. The Morgan fingerprint density at radius 2 is 0.796 bits per heavy atom. The number of hydrogen-bond donors (Lipinski definition) is 2. The van der Waals surface area contributed by atoms with Crippen LogP contribution in [0.3, 0.4) is 0 Å². The van der Waals surface area contributed by atoms with Crippen molar-refractivity contribution in [3.8, 4) is 51.6 Å². The minimum absolute atomic E-state index is 0.00890. The fraction of sp³-hybridized carbons (Fsp3) is 0.303. The van der Waals surface area contributed by atoms with Crippen LogP contribution in [-0.4, -0.2) is 122 Å². The van der Waals surface area contributed by atoms with Crippen molar-refractivity contribution in [2.45, 2.75) is 191 Å². The van der Waals surface area contributed by atoms with E-state index in [4.69, 9.17) is 39.4 Å². The fourth-order valence-electron chi connectivity index (χ4n) is 19.8. The monoisotopic (exact) mass is 1950 g/mol. The van der Waals surface area contributed by atoms with Crippen LogP contribution in [0.15, 0.2) is 323 Å². The minimum atomic E-state index is -3.08. The Hall–Kier alpha value is -11.5. The van der Waals surface area contributed by atoms with Gasteiger partial charge in [0.15, 0.2) is 6.20 Å². The molecule has 0 bridgehead atoms. The van der Waals surface area contributed by atoms with Crippen LogP contribution in [0.25, 0.3) is 71.3 Å². The van der Waals surface area contributed by atoms with Crippen molar-refractivity contribution in [1.82, 2.24) is 42.1 Å². The highest BCUT2D eigenvalue weighted by Crippen LogP contribution is 2.51. The number of aliphatic hydroxyl groups excluding tert-OH is 1. The first-order valence-electron chi connectivity index (χ1n) is 46.6. The number of nitrogens with one attached hydrogen (secondary N) is 1. The molecule has 0 saturated heterocycles. The predicted octanol–water partition coefficient (Wildman–Crippen LogP) is 21.7. The predicted molar refractivity (Wildman–Crippen MR) is 569 cm³/mol. The quantitative estimate of drug-likeness (QED) is 0.0324. The Bertz CT molecular complexity index is 6690. The van der Waals surface area contributed by atoms with Crippen molar-refractivity contribution in [3.05, 3.63) is 334 Å². The van der Waals surface area contributed by atoms with Gasteiger partial charge in [-0.25, -0.2) is 19.8 Å². The molecule has 704 valence electrons. The largest absolute Gasteiger partial charge is 0.404 e. The molecule has 21 nitrogen and oxygen atoms in total. The van der Waals surface area contributed by atoms with Gasteiger partial charge in [-0.1, -0.05) is 250 Å². The molecule has 4 aliphatic carbocycles. The number of aromatic amines is 1. The zero-order chi connectivity index (χ0) is 97.4. The summed E-state index contributed by atoms with van der Waals surface area (Å²) in [6.45, 7) is 31.7. The van der Waals surface area contributed by atoms with Gasteiger partial charge in [-0.3, -0.25) is 9.36 Å². The number of aliphatic hydroxyl groups is 1. The summed E-state index contributed by atoms with van der Waals surface area (Å²) in [6.07, 6.45) is 32.1. The molecule has 28 heteroatoms. The number of aromatic nitrogens is 9. The van der Waals surface area contributed by atoms with Crippen molar-refractivity contribution in [1.29, 1.82) is 15.8 Å². The second-order valence-corrected chi connectivity index (χ2v) is 55.0. The number of ketones is 1. The van der Waals surface area contributed by atoms with Gasteiger partial charge in [-0.05, 0) is 204 Å². The number of H-pyrrole nitrogens is 1. The molecule has 3 atom stereocenters. The Balaban J connectivity index is 0.000000137. The maximum Gasteiger partial charge on any atom is 0.344 e. The summed E-state index contributed by atoms with van der Waals surface area (Å²) >= 11 is 0. The molecule has 9 aromatic heterocycles. The van der Waals surface area contributed by atoms with Crippen molar-refractivity contribution in [3.63, 3.8) is 0 Å².